The monoisotopic (exact) mass is 540 g/mol. The van der Waals surface area contributed by atoms with Crippen molar-refractivity contribution >= 4 is 11.8 Å². The number of carboxylic acid groups (broad SMARTS) is 1. The van der Waals surface area contributed by atoms with E-state index in [1.54, 1.807) is 7.05 Å². The lowest BCUT2D eigenvalue weighted by molar-refractivity contribution is -0.144. The van der Waals surface area contributed by atoms with Gasteiger partial charge in [-0.15, -0.1) is 0 Å². The molecule has 208 valence electrons. The average molecular weight is 541 g/mol. The number of alkyl halides is 3. The van der Waals surface area contributed by atoms with Gasteiger partial charge in [-0.2, -0.15) is 13.2 Å². The Kier molecular flexibility index (Phi) is 8.95. The van der Waals surface area contributed by atoms with Crippen LogP contribution in [0.3, 0.4) is 0 Å². The molecule has 0 bridgehead atoms. The lowest BCUT2D eigenvalue weighted by Crippen LogP contribution is -2.31. The van der Waals surface area contributed by atoms with Crippen molar-refractivity contribution in [3.63, 3.8) is 0 Å². The molecule has 3 atom stereocenters. The summed E-state index contributed by atoms with van der Waals surface area (Å²) >= 11 is 0. The third-order valence-corrected chi connectivity index (χ3v) is 7.60. The van der Waals surface area contributed by atoms with Crippen molar-refractivity contribution in [2.45, 2.75) is 57.7 Å². The van der Waals surface area contributed by atoms with Gasteiger partial charge in [0.05, 0.1) is 23.3 Å². The highest BCUT2D eigenvalue weighted by molar-refractivity contribution is 5.72. The zero-order valence-corrected chi connectivity index (χ0v) is 22.5. The van der Waals surface area contributed by atoms with Gasteiger partial charge in [0.25, 0.3) is 0 Å². The molecule has 0 amide bonds. The molecule has 1 N–H and O–H groups in total. The normalized spacial score (nSPS) is 17.6. The van der Waals surface area contributed by atoms with Gasteiger partial charge in [-0.05, 0) is 54.5 Å². The van der Waals surface area contributed by atoms with E-state index < -0.39 is 23.6 Å². The summed E-state index contributed by atoms with van der Waals surface area (Å²) in [4.78, 5) is 17.9. The smallest absolute Gasteiger partial charge is 0.419 e. The van der Waals surface area contributed by atoms with Crippen molar-refractivity contribution in [3.05, 3.63) is 82.9 Å². The molecule has 1 aromatic heterocycles. The summed E-state index contributed by atoms with van der Waals surface area (Å²) in [6.45, 7) is 4.51. The van der Waals surface area contributed by atoms with Gasteiger partial charge >= 0.3 is 12.1 Å². The van der Waals surface area contributed by atoms with Gasteiger partial charge in [0.1, 0.15) is 5.82 Å². The number of carbonyl (C=O) groups is 1. The van der Waals surface area contributed by atoms with Crippen LogP contribution < -0.4 is 4.90 Å². The number of aliphatic carboxylic acids is 1. The van der Waals surface area contributed by atoms with Crippen molar-refractivity contribution < 1.29 is 27.8 Å². The third-order valence-electron chi connectivity index (χ3n) is 7.60. The van der Waals surface area contributed by atoms with Gasteiger partial charge in [0, 0.05) is 31.7 Å². The number of halogens is 3. The number of ether oxygens (including phenoxy) is 1. The van der Waals surface area contributed by atoms with E-state index in [4.69, 9.17) is 4.74 Å². The molecule has 1 aliphatic carbocycles. The molecule has 0 saturated heterocycles. The number of carboxylic acids is 1. The number of benzene rings is 2. The van der Waals surface area contributed by atoms with Crippen molar-refractivity contribution in [2.75, 3.05) is 25.1 Å². The van der Waals surface area contributed by atoms with Crippen molar-refractivity contribution in [1.82, 2.24) is 4.98 Å². The topological polar surface area (TPSA) is 62.7 Å². The van der Waals surface area contributed by atoms with Gasteiger partial charge in [0.2, 0.25) is 0 Å². The minimum atomic E-state index is -4.54. The first kappa shape index (κ1) is 28.6. The van der Waals surface area contributed by atoms with E-state index in [1.165, 1.54) is 11.0 Å². The lowest BCUT2D eigenvalue weighted by Gasteiger charge is -2.27. The van der Waals surface area contributed by atoms with Gasteiger partial charge < -0.3 is 14.7 Å². The summed E-state index contributed by atoms with van der Waals surface area (Å²) in [5, 5.41) is 9.81. The molecule has 1 aliphatic rings. The molecule has 1 heterocycles. The number of aryl methyl sites for hydroxylation is 1. The largest absolute Gasteiger partial charge is 0.481 e. The van der Waals surface area contributed by atoms with Gasteiger partial charge in [-0.25, -0.2) is 4.98 Å². The fraction of sp³-hybridized carbons (Fsp3) is 0.419. The molecule has 2 aromatic carbocycles. The number of hydrogen-bond donors (Lipinski definition) is 1. The Labute approximate surface area is 227 Å². The first-order valence-corrected chi connectivity index (χ1v) is 13.4. The minimum absolute atomic E-state index is 0.123. The zero-order valence-electron chi connectivity index (χ0n) is 22.5. The number of nitrogens with zero attached hydrogens (tertiary/aromatic N) is 2. The summed E-state index contributed by atoms with van der Waals surface area (Å²) in [6.07, 6.45) is -2.37. The highest BCUT2D eigenvalue weighted by Gasteiger charge is 2.41. The maximum absolute atomic E-state index is 13.8. The molecule has 0 fully saturated rings. The summed E-state index contributed by atoms with van der Waals surface area (Å²) in [5.74, 6) is -1.78. The standard InChI is InChI=1S/C31H35F3N2O3/c1-4-20-11-13-21(14-12-20)26-16-15-25(31(32,33)34)29(35-26)36(3)17-8-18-39-27-19-22-9-6-7-10-24(22)28(27)23(5-2)30(37)38/h6-7,9-16,23,27-28H,4-5,8,17-19H2,1-3H3,(H,37,38)/t23?,27-,28-/m0/s1. The van der Waals surface area contributed by atoms with Crippen LogP contribution in [0, 0.1) is 5.92 Å². The second-order valence-corrected chi connectivity index (χ2v) is 10.1. The second kappa shape index (κ2) is 12.2. The summed E-state index contributed by atoms with van der Waals surface area (Å²) in [5.41, 5.74) is 3.70. The van der Waals surface area contributed by atoms with Crippen LogP contribution in [-0.2, 0) is 28.5 Å². The maximum Gasteiger partial charge on any atom is 0.419 e. The molecule has 8 heteroatoms. The molecule has 0 radical (unpaired) electrons. The highest BCUT2D eigenvalue weighted by Crippen LogP contribution is 2.42. The van der Waals surface area contributed by atoms with E-state index in [0.717, 1.165) is 34.7 Å². The number of anilines is 1. The average Bonchev–Trinajstić information content (AvgIpc) is 3.28. The van der Waals surface area contributed by atoms with E-state index in [1.807, 2.05) is 62.4 Å². The zero-order chi connectivity index (χ0) is 28.2. The molecule has 0 spiro atoms. The predicted molar refractivity (Wildman–Crippen MR) is 146 cm³/mol. The lowest BCUT2D eigenvalue weighted by atomic mass is 9.84. The highest BCUT2D eigenvalue weighted by atomic mass is 19.4. The Morgan fingerprint density at radius 1 is 1.10 bits per heavy atom. The molecule has 1 unspecified atom stereocenters. The van der Waals surface area contributed by atoms with E-state index >= 15 is 0 Å². The van der Waals surface area contributed by atoms with Crippen molar-refractivity contribution in [3.8, 4) is 11.3 Å². The molecule has 39 heavy (non-hydrogen) atoms. The fourth-order valence-electron chi connectivity index (χ4n) is 5.48. The molecule has 3 aromatic rings. The van der Waals surface area contributed by atoms with Crippen LogP contribution >= 0.6 is 0 Å². The number of aromatic nitrogens is 1. The second-order valence-electron chi connectivity index (χ2n) is 10.1. The number of pyridine rings is 1. The summed E-state index contributed by atoms with van der Waals surface area (Å²) in [7, 11) is 1.60. The van der Waals surface area contributed by atoms with Gasteiger partial charge in [-0.1, -0.05) is 62.4 Å². The molecular weight excluding hydrogens is 505 g/mol. The Morgan fingerprint density at radius 2 is 1.82 bits per heavy atom. The van der Waals surface area contributed by atoms with Crippen LogP contribution in [0.15, 0.2) is 60.7 Å². The van der Waals surface area contributed by atoms with E-state index in [9.17, 15) is 23.1 Å². The van der Waals surface area contributed by atoms with Crippen LogP contribution in [0.2, 0.25) is 0 Å². The van der Waals surface area contributed by atoms with Crippen LogP contribution in [0.4, 0.5) is 19.0 Å². The minimum Gasteiger partial charge on any atom is -0.481 e. The molecule has 0 aliphatic heterocycles. The SMILES string of the molecule is CCc1ccc(-c2ccc(C(F)(F)F)c(N(C)CCCO[C@H]3Cc4ccccc4[C@@H]3C(CC)C(=O)O)n2)cc1. The van der Waals surface area contributed by atoms with Crippen LogP contribution in [-0.4, -0.2) is 42.4 Å². The van der Waals surface area contributed by atoms with Crippen molar-refractivity contribution in [1.29, 1.82) is 0 Å². The van der Waals surface area contributed by atoms with Crippen LogP contribution in [0.1, 0.15) is 54.9 Å². The Balaban J connectivity index is 1.45. The van der Waals surface area contributed by atoms with Gasteiger partial charge in [-0.3, -0.25) is 4.79 Å². The maximum atomic E-state index is 13.8. The first-order chi connectivity index (χ1) is 18.6. The van der Waals surface area contributed by atoms with Crippen LogP contribution in [0.5, 0.6) is 0 Å². The van der Waals surface area contributed by atoms with E-state index in [2.05, 4.69) is 4.98 Å². The van der Waals surface area contributed by atoms with Crippen molar-refractivity contribution in [2.24, 2.45) is 5.92 Å². The Hall–Kier alpha value is -3.39. The summed E-state index contributed by atoms with van der Waals surface area (Å²) < 4.78 is 47.7. The van der Waals surface area contributed by atoms with E-state index in [-0.39, 0.29) is 17.8 Å². The molecule has 4 rings (SSSR count). The predicted octanol–water partition coefficient (Wildman–Crippen LogP) is 6.99. The number of hydrogen-bond acceptors (Lipinski definition) is 4. The first-order valence-electron chi connectivity index (χ1n) is 13.4. The number of fused-ring (bicyclic) bond motifs is 1. The molecular formula is C31H35F3N2O3. The fourth-order valence-corrected chi connectivity index (χ4v) is 5.48. The quantitative estimate of drug-likeness (QED) is 0.266. The van der Waals surface area contributed by atoms with E-state index in [0.29, 0.717) is 38.1 Å². The Morgan fingerprint density at radius 3 is 2.46 bits per heavy atom. The summed E-state index contributed by atoms with van der Waals surface area (Å²) in [6, 6.07) is 18.0. The van der Waals surface area contributed by atoms with Gasteiger partial charge in [0.15, 0.2) is 0 Å². The van der Waals surface area contributed by atoms with Crippen LogP contribution in [0.25, 0.3) is 11.3 Å². The number of rotatable bonds is 11. The third kappa shape index (κ3) is 6.44. The molecule has 0 saturated carbocycles. The Bertz CT molecular complexity index is 1280. The molecule has 5 nitrogen and oxygen atoms in total.